The molecule has 0 aromatic heterocycles. The molecular formula is C13H32. The molecule has 0 aliphatic carbocycles. The molecule has 0 heteroatoms. The lowest BCUT2D eigenvalue weighted by molar-refractivity contribution is 0.183. The highest BCUT2D eigenvalue weighted by molar-refractivity contribution is 4.76. The Labute approximate surface area is 87.1 Å². The van der Waals surface area contributed by atoms with Gasteiger partial charge in [0.1, 0.15) is 0 Å². The minimum atomic E-state index is 0. The second kappa shape index (κ2) is 6.45. The normalized spacial score (nSPS) is 11.5. The highest BCUT2D eigenvalue weighted by Gasteiger charge is 2.25. The van der Waals surface area contributed by atoms with Gasteiger partial charge in [0, 0.05) is 0 Å². The van der Waals surface area contributed by atoms with Crippen molar-refractivity contribution in [1.82, 2.24) is 0 Å². The molecule has 0 unspecified atom stereocenters. The first-order valence-corrected chi connectivity index (χ1v) is 4.83. The zero-order valence-electron chi connectivity index (χ0n) is 9.12. The van der Waals surface area contributed by atoms with Crippen molar-refractivity contribution in [3.63, 3.8) is 0 Å². The molecule has 0 N–H and O–H groups in total. The van der Waals surface area contributed by atoms with E-state index < -0.39 is 0 Å². The molecule has 0 heterocycles. The van der Waals surface area contributed by atoms with E-state index in [4.69, 9.17) is 0 Å². The Morgan fingerprint density at radius 3 is 1.08 bits per heavy atom. The topological polar surface area (TPSA) is 0 Å². The average molecular weight is 188 g/mol. The molecule has 0 spiro atoms. The Kier molecular flexibility index (Phi) is 9.29. The van der Waals surface area contributed by atoms with Crippen LogP contribution in [0.1, 0.15) is 75.7 Å². The van der Waals surface area contributed by atoms with E-state index in [0.29, 0.717) is 10.8 Å². The van der Waals surface area contributed by atoms with Crippen LogP contribution in [0.3, 0.4) is 0 Å². The highest BCUT2D eigenvalue weighted by atomic mass is 14.3. The lowest BCUT2D eigenvalue weighted by Gasteiger charge is -2.33. The van der Waals surface area contributed by atoms with Crippen molar-refractivity contribution in [2.45, 2.75) is 75.7 Å². The molecule has 0 aliphatic heterocycles. The van der Waals surface area contributed by atoms with Gasteiger partial charge >= 0.3 is 0 Å². The maximum atomic E-state index is 2.37. The third-order valence-electron chi connectivity index (χ3n) is 2.87. The minimum absolute atomic E-state index is 0. The smallest absolute Gasteiger partial charge is 0.0352 e. The summed E-state index contributed by atoms with van der Waals surface area (Å²) in [7, 11) is 0. The van der Waals surface area contributed by atoms with E-state index in [1.165, 1.54) is 19.3 Å². The van der Waals surface area contributed by atoms with Crippen molar-refractivity contribution in [2.24, 2.45) is 10.8 Å². The fourth-order valence-corrected chi connectivity index (χ4v) is 1.55. The molecule has 13 heavy (non-hydrogen) atoms. The van der Waals surface area contributed by atoms with Gasteiger partial charge in [0.25, 0.3) is 0 Å². The Morgan fingerprint density at radius 2 is 0.923 bits per heavy atom. The standard InChI is InChI=1S/C11H24.2CH4/c1-7-10(3,4)9-11(5,6)8-2;;/h7-9H2,1-6H3;2*1H4. The molecule has 0 aromatic rings. The third-order valence-corrected chi connectivity index (χ3v) is 2.87. The Hall–Kier alpha value is 0. The van der Waals surface area contributed by atoms with Crippen LogP contribution in [0.15, 0.2) is 0 Å². The van der Waals surface area contributed by atoms with Crippen LogP contribution in [0, 0.1) is 10.8 Å². The van der Waals surface area contributed by atoms with Crippen LogP contribution >= 0.6 is 0 Å². The van der Waals surface area contributed by atoms with Crippen LogP contribution in [0.5, 0.6) is 0 Å². The van der Waals surface area contributed by atoms with E-state index in [1.807, 2.05) is 0 Å². The Bertz CT molecular complexity index is 95.2. The van der Waals surface area contributed by atoms with E-state index in [2.05, 4.69) is 41.5 Å². The number of hydrogen-bond donors (Lipinski definition) is 0. The van der Waals surface area contributed by atoms with E-state index in [0.717, 1.165) is 0 Å². The maximum Gasteiger partial charge on any atom is -0.0352 e. The maximum absolute atomic E-state index is 2.37. The first-order valence-electron chi connectivity index (χ1n) is 4.83. The summed E-state index contributed by atoms with van der Waals surface area (Å²) in [4.78, 5) is 0. The SMILES string of the molecule is C.C.CCC(C)(C)CC(C)(C)CC. The Balaban J connectivity index is -0.000000500. The summed E-state index contributed by atoms with van der Waals surface area (Å²) in [6, 6.07) is 0. The van der Waals surface area contributed by atoms with Crippen LogP contribution in [0.4, 0.5) is 0 Å². The van der Waals surface area contributed by atoms with E-state index in [9.17, 15) is 0 Å². The molecular weight excluding hydrogens is 156 g/mol. The quantitative estimate of drug-likeness (QED) is 0.545. The van der Waals surface area contributed by atoms with Crippen LogP contribution in [-0.2, 0) is 0 Å². The molecule has 0 saturated carbocycles. The van der Waals surface area contributed by atoms with Crippen molar-refractivity contribution in [2.75, 3.05) is 0 Å². The fraction of sp³-hybridized carbons (Fsp3) is 1.00. The van der Waals surface area contributed by atoms with E-state index in [-0.39, 0.29) is 14.9 Å². The molecule has 0 amide bonds. The van der Waals surface area contributed by atoms with Crippen LogP contribution < -0.4 is 0 Å². The predicted molar refractivity (Wildman–Crippen MR) is 66.2 cm³/mol. The zero-order valence-corrected chi connectivity index (χ0v) is 9.12. The van der Waals surface area contributed by atoms with Crippen LogP contribution in [0.25, 0.3) is 0 Å². The van der Waals surface area contributed by atoms with Gasteiger partial charge in [0.05, 0.1) is 0 Å². The predicted octanol–water partition coefficient (Wildman–Crippen LogP) is 5.52. The van der Waals surface area contributed by atoms with Gasteiger partial charge in [0.15, 0.2) is 0 Å². The van der Waals surface area contributed by atoms with Gasteiger partial charge in [-0.25, -0.2) is 0 Å². The molecule has 0 aliphatic rings. The Morgan fingerprint density at radius 1 is 0.692 bits per heavy atom. The summed E-state index contributed by atoms with van der Waals surface area (Å²) in [5.41, 5.74) is 1.05. The molecule has 0 atom stereocenters. The minimum Gasteiger partial charge on any atom is -0.0776 e. The lowest BCUT2D eigenvalue weighted by Crippen LogP contribution is -2.21. The van der Waals surface area contributed by atoms with Crippen LogP contribution in [-0.4, -0.2) is 0 Å². The second-order valence-corrected chi connectivity index (χ2v) is 5.21. The van der Waals surface area contributed by atoms with E-state index in [1.54, 1.807) is 0 Å². The van der Waals surface area contributed by atoms with Crippen molar-refractivity contribution in [3.05, 3.63) is 0 Å². The van der Waals surface area contributed by atoms with Gasteiger partial charge < -0.3 is 0 Å². The van der Waals surface area contributed by atoms with E-state index >= 15 is 0 Å². The van der Waals surface area contributed by atoms with Crippen molar-refractivity contribution in [3.8, 4) is 0 Å². The van der Waals surface area contributed by atoms with Gasteiger partial charge in [-0.15, -0.1) is 0 Å². The largest absolute Gasteiger partial charge is 0.0776 e. The summed E-state index contributed by atoms with van der Waals surface area (Å²) < 4.78 is 0. The van der Waals surface area contributed by atoms with Gasteiger partial charge in [-0.1, -0.05) is 69.2 Å². The molecule has 0 rings (SSSR count). The van der Waals surface area contributed by atoms with Crippen molar-refractivity contribution < 1.29 is 0 Å². The lowest BCUT2D eigenvalue weighted by atomic mass is 9.72. The summed E-state index contributed by atoms with van der Waals surface area (Å²) in [6.45, 7) is 14.0. The van der Waals surface area contributed by atoms with Crippen molar-refractivity contribution >= 4 is 0 Å². The summed E-state index contributed by atoms with van der Waals surface area (Å²) >= 11 is 0. The number of hydrogen-bond acceptors (Lipinski definition) is 0. The highest BCUT2D eigenvalue weighted by Crippen LogP contribution is 2.37. The molecule has 0 nitrogen and oxygen atoms in total. The van der Waals surface area contributed by atoms with Gasteiger partial charge in [-0.05, 0) is 17.3 Å². The first-order chi connectivity index (χ1) is 4.83. The third kappa shape index (κ3) is 8.33. The monoisotopic (exact) mass is 188 g/mol. The molecule has 0 radical (unpaired) electrons. The summed E-state index contributed by atoms with van der Waals surface area (Å²) in [5.74, 6) is 0. The number of rotatable bonds is 4. The molecule has 0 saturated heterocycles. The summed E-state index contributed by atoms with van der Waals surface area (Å²) in [6.07, 6.45) is 3.92. The van der Waals surface area contributed by atoms with Gasteiger partial charge in [-0.3, -0.25) is 0 Å². The van der Waals surface area contributed by atoms with Gasteiger partial charge in [0.2, 0.25) is 0 Å². The van der Waals surface area contributed by atoms with Crippen LogP contribution in [0.2, 0.25) is 0 Å². The zero-order chi connectivity index (χ0) is 9.12. The fourth-order valence-electron chi connectivity index (χ4n) is 1.55. The second-order valence-electron chi connectivity index (χ2n) is 5.21. The molecule has 0 fully saturated rings. The van der Waals surface area contributed by atoms with Gasteiger partial charge in [-0.2, -0.15) is 0 Å². The molecule has 84 valence electrons. The molecule has 0 bridgehead atoms. The molecule has 0 aromatic carbocycles. The first kappa shape index (κ1) is 18.7. The summed E-state index contributed by atoms with van der Waals surface area (Å²) in [5, 5.41) is 0. The van der Waals surface area contributed by atoms with Crippen molar-refractivity contribution in [1.29, 1.82) is 0 Å². The average Bonchev–Trinajstić information content (AvgIpc) is 1.86.